The molecule has 1 saturated heterocycles. The molecule has 0 bridgehead atoms. The molecular formula is C14H22N2O3. The fraction of sp³-hybridized carbons (Fsp3) is 0.571. The predicted octanol–water partition coefficient (Wildman–Crippen LogP) is 1.49. The lowest BCUT2D eigenvalue weighted by molar-refractivity contribution is 0.136. The van der Waals surface area contributed by atoms with Crippen LogP contribution < -0.4 is 20.1 Å². The van der Waals surface area contributed by atoms with Gasteiger partial charge in [0.15, 0.2) is 11.5 Å². The van der Waals surface area contributed by atoms with Gasteiger partial charge in [0.1, 0.15) is 0 Å². The predicted molar refractivity (Wildman–Crippen MR) is 76.0 cm³/mol. The van der Waals surface area contributed by atoms with E-state index in [1.807, 2.05) is 13.0 Å². The maximum atomic E-state index is 9.67. The monoisotopic (exact) mass is 266 g/mol. The molecule has 5 nitrogen and oxygen atoms in total. The van der Waals surface area contributed by atoms with Crippen molar-refractivity contribution in [1.29, 1.82) is 0 Å². The second-order valence-corrected chi connectivity index (χ2v) is 5.00. The van der Waals surface area contributed by atoms with E-state index < -0.39 is 0 Å². The SMILES string of the molecule is COc1cc(N)c(N2CCC(C(C)O)C2)cc1OC. The van der Waals surface area contributed by atoms with Gasteiger partial charge in [0, 0.05) is 31.1 Å². The van der Waals surface area contributed by atoms with Crippen molar-refractivity contribution in [1.82, 2.24) is 0 Å². The summed E-state index contributed by atoms with van der Waals surface area (Å²) in [4.78, 5) is 2.19. The lowest BCUT2D eigenvalue weighted by Crippen LogP contribution is -2.24. The molecule has 0 amide bonds. The zero-order valence-corrected chi connectivity index (χ0v) is 11.7. The molecule has 2 atom stereocenters. The van der Waals surface area contributed by atoms with E-state index in [-0.39, 0.29) is 6.10 Å². The van der Waals surface area contributed by atoms with Crippen molar-refractivity contribution in [2.45, 2.75) is 19.4 Å². The number of methoxy groups -OCH3 is 2. The summed E-state index contributed by atoms with van der Waals surface area (Å²) in [6.07, 6.45) is 0.692. The average Bonchev–Trinajstić information content (AvgIpc) is 2.87. The van der Waals surface area contributed by atoms with Gasteiger partial charge in [-0.15, -0.1) is 0 Å². The first-order valence-electron chi connectivity index (χ1n) is 6.51. The molecule has 1 heterocycles. The van der Waals surface area contributed by atoms with E-state index in [1.165, 1.54) is 0 Å². The molecule has 0 spiro atoms. The molecule has 1 fully saturated rings. The fourth-order valence-electron chi connectivity index (χ4n) is 2.56. The molecule has 1 aliphatic rings. The largest absolute Gasteiger partial charge is 0.493 e. The molecule has 19 heavy (non-hydrogen) atoms. The van der Waals surface area contributed by atoms with Gasteiger partial charge in [0.25, 0.3) is 0 Å². The Morgan fingerprint density at radius 2 is 1.95 bits per heavy atom. The highest BCUT2D eigenvalue weighted by atomic mass is 16.5. The Bertz CT molecular complexity index is 449. The standard InChI is InChI=1S/C14H22N2O3/c1-9(17)10-4-5-16(8-10)12-7-14(19-3)13(18-2)6-11(12)15/h6-7,9-10,17H,4-5,8,15H2,1-3H3. The van der Waals surface area contributed by atoms with Gasteiger partial charge in [0.2, 0.25) is 0 Å². The molecule has 106 valence electrons. The lowest BCUT2D eigenvalue weighted by Gasteiger charge is -2.23. The number of ether oxygens (including phenoxy) is 2. The number of benzene rings is 1. The number of hydrogen-bond donors (Lipinski definition) is 2. The number of nitrogens with zero attached hydrogens (tertiary/aromatic N) is 1. The Morgan fingerprint density at radius 1 is 1.32 bits per heavy atom. The van der Waals surface area contributed by atoms with Crippen LogP contribution in [0.1, 0.15) is 13.3 Å². The molecule has 2 unspecified atom stereocenters. The number of rotatable bonds is 4. The van der Waals surface area contributed by atoms with Gasteiger partial charge in [-0.2, -0.15) is 0 Å². The molecule has 3 N–H and O–H groups in total. The van der Waals surface area contributed by atoms with Gasteiger partial charge in [-0.1, -0.05) is 0 Å². The zero-order valence-electron chi connectivity index (χ0n) is 11.7. The topological polar surface area (TPSA) is 68.0 Å². The first kappa shape index (κ1) is 13.8. The molecule has 1 aromatic carbocycles. The second-order valence-electron chi connectivity index (χ2n) is 5.00. The number of hydrogen-bond acceptors (Lipinski definition) is 5. The summed E-state index contributed by atoms with van der Waals surface area (Å²) in [5.41, 5.74) is 7.70. The van der Waals surface area contributed by atoms with Crippen LogP contribution in [0.4, 0.5) is 11.4 Å². The maximum Gasteiger partial charge on any atom is 0.162 e. The molecule has 2 rings (SSSR count). The molecular weight excluding hydrogens is 244 g/mol. The molecule has 5 heteroatoms. The third-order valence-corrected chi connectivity index (χ3v) is 3.78. The third-order valence-electron chi connectivity index (χ3n) is 3.78. The average molecular weight is 266 g/mol. The smallest absolute Gasteiger partial charge is 0.162 e. The summed E-state index contributed by atoms with van der Waals surface area (Å²) >= 11 is 0. The molecule has 0 aromatic heterocycles. The van der Waals surface area contributed by atoms with Crippen LogP contribution in [0.5, 0.6) is 11.5 Å². The highest BCUT2D eigenvalue weighted by molar-refractivity contribution is 5.73. The van der Waals surface area contributed by atoms with Gasteiger partial charge in [-0.05, 0) is 13.3 Å². The maximum absolute atomic E-state index is 9.67. The summed E-state index contributed by atoms with van der Waals surface area (Å²) in [6.45, 7) is 3.55. The van der Waals surface area contributed by atoms with Crippen LogP contribution in [-0.4, -0.2) is 38.5 Å². The summed E-state index contributed by atoms with van der Waals surface area (Å²) in [6, 6.07) is 3.68. The van der Waals surface area contributed by atoms with Gasteiger partial charge < -0.3 is 25.2 Å². The summed E-state index contributed by atoms with van der Waals surface area (Å²) in [5.74, 6) is 1.61. The molecule has 1 aromatic rings. The molecule has 0 aliphatic carbocycles. The number of anilines is 2. The van der Waals surface area contributed by atoms with E-state index in [9.17, 15) is 5.11 Å². The molecule has 1 aliphatic heterocycles. The molecule has 0 radical (unpaired) electrons. The second kappa shape index (κ2) is 5.57. The summed E-state index contributed by atoms with van der Waals surface area (Å²) in [7, 11) is 3.21. The lowest BCUT2D eigenvalue weighted by atomic mass is 10.0. The van der Waals surface area contributed by atoms with Gasteiger partial charge >= 0.3 is 0 Å². The highest BCUT2D eigenvalue weighted by Crippen LogP contribution is 2.38. The van der Waals surface area contributed by atoms with Crippen LogP contribution in [0.3, 0.4) is 0 Å². The van der Waals surface area contributed by atoms with Crippen LogP contribution in [0.15, 0.2) is 12.1 Å². The first-order valence-corrected chi connectivity index (χ1v) is 6.51. The van der Waals surface area contributed by atoms with E-state index in [2.05, 4.69) is 4.90 Å². The van der Waals surface area contributed by atoms with Gasteiger partial charge in [0.05, 0.1) is 31.7 Å². The Kier molecular flexibility index (Phi) is 4.04. The normalized spacial score (nSPS) is 20.4. The van der Waals surface area contributed by atoms with E-state index in [4.69, 9.17) is 15.2 Å². The quantitative estimate of drug-likeness (QED) is 0.808. The van der Waals surface area contributed by atoms with Crippen LogP contribution in [0, 0.1) is 5.92 Å². The van der Waals surface area contributed by atoms with Crippen LogP contribution in [0.25, 0.3) is 0 Å². The Labute approximate surface area is 113 Å². The van der Waals surface area contributed by atoms with E-state index in [0.717, 1.165) is 25.2 Å². The third kappa shape index (κ3) is 2.71. The van der Waals surface area contributed by atoms with Crippen molar-refractivity contribution >= 4 is 11.4 Å². The van der Waals surface area contributed by atoms with Crippen molar-refractivity contribution in [2.24, 2.45) is 5.92 Å². The minimum absolute atomic E-state index is 0.286. The van der Waals surface area contributed by atoms with E-state index in [0.29, 0.717) is 23.1 Å². The number of aliphatic hydroxyl groups is 1. The van der Waals surface area contributed by atoms with Crippen molar-refractivity contribution < 1.29 is 14.6 Å². The minimum atomic E-state index is -0.286. The van der Waals surface area contributed by atoms with Crippen LogP contribution in [-0.2, 0) is 0 Å². The summed E-state index contributed by atoms with van der Waals surface area (Å²) in [5, 5.41) is 9.67. The molecule has 0 saturated carbocycles. The van der Waals surface area contributed by atoms with E-state index >= 15 is 0 Å². The fourth-order valence-corrected chi connectivity index (χ4v) is 2.56. The van der Waals surface area contributed by atoms with Crippen molar-refractivity contribution in [3.8, 4) is 11.5 Å². The van der Waals surface area contributed by atoms with Crippen molar-refractivity contribution in [3.05, 3.63) is 12.1 Å². The first-order chi connectivity index (χ1) is 9.06. The number of nitrogen functional groups attached to an aromatic ring is 1. The zero-order chi connectivity index (χ0) is 14.0. The van der Waals surface area contributed by atoms with Crippen LogP contribution in [0.2, 0.25) is 0 Å². The Balaban J connectivity index is 2.26. The van der Waals surface area contributed by atoms with Crippen molar-refractivity contribution in [2.75, 3.05) is 37.9 Å². The van der Waals surface area contributed by atoms with Gasteiger partial charge in [-0.3, -0.25) is 0 Å². The number of nitrogens with two attached hydrogens (primary N) is 1. The Morgan fingerprint density at radius 3 is 2.47 bits per heavy atom. The van der Waals surface area contributed by atoms with Gasteiger partial charge in [-0.25, -0.2) is 0 Å². The Hall–Kier alpha value is -1.62. The van der Waals surface area contributed by atoms with Crippen LogP contribution >= 0.6 is 0 Å². The highest BCUT2D eigenvalue weighted by Gasteiger charge is 2.27. The summed E-state index contributed by atoms with van der Waals surface area (Å²) < 4.78 is 10.5. The minimum Gasteiger partial charge on any atom is -0.493 e. The number of aliphatic hydroxyl groups excluding tert-OH is 1. The van der Waals surface area contributed by atoms with E-state index in [1.54, 1.807) is 20.3 Å². The van der Waals surface area contributed by atoms with Crippen molar-refractivity contribution in [3.63, 3.8) is 0 Å².